The van der Waals surface area contributed by atoms with Crippen LogP contribution in [0.4, 0.5) is 10.1 Å². The lowest BCUT2D eigenvalue weighted by atomic mass is 10.1. The van der Waals surface area contributed by atoms with Gasteiger partial charge in [0.15, 0.2) is 0 Å². The van der Waals surface area contributed by atoms with Crippen LogP contribution in [-0.2, 0) is 6.54 Å². The Balaban J connectivity index is 1.81. The second-order valence-electron chi connectivity index (χ2n) is 6.40. The van der Waals surface area contributed by atoms with Crippen LogP contribution in [0.25, 0.3) is 16.9 Å². The van der Waals surface area contributed by atoms with Crippen molar-refractivity contribution in [2.45, 2.75) is 13.5 Å². The first-order valence-electron chi connectivity index (χ1n) is 8.92. The number of halogens is 2. The Labute approximate surface area is 170 Å². The molecule has 0 saturated heterocycles. The predicted molar refractivity (Wildman–Crippen MR) is 109 cm³/mol. The number of nitrogens with one attached hydrogen (secondary N) is 1. The third-order valence-corrected chi connectivity index (χ3v) is 4.80. The number of benzene rings is 2. The number of carbonyl (C=O) groups excluding carboxylic acids is 1. The smallest absolute Gasteiger partial charge is 0.282 e. The van der Waals surface area contributed by atoms with Gasteiger partial charge in [-0.15, -0.1) is 0 Å². The summed E-state index contributed by atoms with van der Waals surface area (Å²) in [4.78, 5) is 25.8. The molecular formula is C21H16ClFN4O2. The average molecular weight is 411 g/mol. The molecule has 0 aliphatic carbocycles. The second-order valence-corrected chi connectivity index (χ2v) is 6.81. The topological polar surface area (TPSA) is 68.9 Å². The fraction of sp³-hybridized carbons (Fsp3) is 0.0952. The Hall–Kier alpha value is -3.45. The van der Waals surface area contributed by atoms with Crippen LogP contribution in [0.1, 0.15) is 17.3 Å². The normalized spacial score (nSPS) is 11.0. The first-order valence-corrected chi connectivity index (χ1v) is 9.30. The number of para-hydroxylation sites is 1. The van der Waals surface area contributed by atoms with E-state index in [1.54, 1.807) is 41.2 Å². The number of pyridine rings is 1. The largest absolute Gasteiger partial charge is 0.353 e. The maximum Gasteiger partial charge on any atom is 0.282 e. The molecule has 6 nitrogen and oxygen atoms in total. The highest BCUT2D eigenvalue weighted by Gasteiger charge is 2.24. The zero-order valence-electron chi connectivity index (χ0n) is 15.4. The highest BCUT2D eigenvalue weighted by atomic mass is 35.5. The van der Waals surface area contributed by atoms with E-state index in [-0.39, 0.29) is 21.8 Å². The van der Waals surface area contributed by atoms with Gasteiger partial charge in [0.05, 0.1) is 21.8 Å². The maximum atomic E-state index is 13.4. The average Bonchev–Trinajstić information content (AvgIpc) is 3.07. The summed E-state index contributed by atoms with van der Waals surface area (Å²) in [6.45, 7) is 2.47. The zero-order chi connectivity index (χ0) is 20.5. The van der Waals surface area contributed by atoms with E-state index in [2.05, 4.69) is 10.4 Å². The van der Waals surface area contributed by atoms with Crippen LogP contribution in [0.15, 0.2) is 65.7 Å². The fourth-order valence-corrected chi connectivity index (χ4v) is 3.21. The number of amides is 1. The summed E-state index contributed by atoms with van der Waals surface area (Å²) in [5.74, 6) is -1.05. The van der Waals surface area contributed by atoms with E-state index in [0.29, 0.717) is 23.5 Å². The molecule has 29 heavy (non-hydrogen) atoms. The van der Waals surface area contributed by atoms with Crippen molar-refractivity contribution in [1.82, 2.24) is 14.3 Å². The van der Waals surface area contributed by atoms with E-state index in [0.717, 1.165) is 0 Å². The molecule has 2 heterocycles. The Bertz CT molecular complexity index is 1230. The van der Waals surface area contributed by atoms with Gasteiger partial charge >= 0.3 is 0 Å². The number of aryl methyl sites for hydroxylation is 1. The molecule has 2 aromatic rings. The molecular weight excluding hydrogens is 395 g/mol. The zero-order valence-corrected chi connectivity index (χ0v) is 16.2. The van der Waals surface area contributed by atoms with Crippen LogP contribution in [0.5, 0.6) is 0 Å². The minimum Gasteiger partial charge on any atom is -0.353 e. The molecule has 2 aromatic carbocycles. The van der Waals surface area contributed by atoms with Gasteiger partial charge in [0, 0.05) is 24.6 Å². The molecule has 0 bridgehead atoms. The summed E-state index contributed by atoms with van der Waals surface area (Å²) in [6.07, 6.45) is 3.31. The van der Waals surface area contributed by atoms with E-state index in [9.17, 15) is 14.0 Å². The van der Waals surface area contributed by atoms with Crippen molar-refractivity contribution >= 4 is 23.2 Å². The lowest BCUT2D eigenvalue weighted by Crippen LogP contribution is -2.17. The molecule has 4 rings (SSSR count). The molecule has 0 unspecified atom stereocenters. The van der Waals surface area contributed by atoms with Crippen LogP contribution in [0.2, 0.25) is 5.02 Å². The lowest BCUT2D eigenvalue weighted by molar-refractivity contribution is 0.102. The van der Waals surface area contributed by atoms with Gasteiger partial charge in [0.1, 0.15) is 11.5 Å². The number of anilines is 1. The van der Waals surface area contributed by atoms with E-state index in [4.69, 9.17) is 11.6 Å². The van der Waals surface area contributed by atoms with Gasteiger partial charge in [-0.05, 0) is 37.3 Å². The minimum absolute atomic E-state index is 0.0974. The summed E-state index contributed by atoms with van der Waals surface area (Å²) in [5.41, 5.74) is 1.49. The minimum atomic E-state index is -0.576. The fourth-order valence-electron chi connectivity index (χ4n) is 3.03. The third-order valence-electron chi connectivity index (χ3n) is 4.51. The summed E-state index contributed by atoms with van der Waals surface area (Å²) < 4.78 is 16.4. The third kappa shape index (κ3) is 3.52. The molecule has 2 aliphatic rings. The standard InChI is InChI=1S/C21H16ClFN4O2/c1-2-26-11-15(20(28)24-13-8-9-18(23)17(22)10-13)19-16(12-26)21(29)27(25-19)14-6-4-3-5-7-14/h3-12H,2H2,1H3,(H,24,28). The van der Waals surface area contributed by atoms with Gasteiger partial charge in [-0.2, -0.15) is 9.78 Å². The molecule has 0 aromatic heterocycles. The Kier molecular flexibility index (Phi) is 4.90. The molecule has 1 amide bonds. The quantitative estimate of drug-likeness (QED) is 0.548. The van der Waals surface area contributed by atoms with Gasteiger partial charge in [0.2, 0.25) is 0 Å². The highest BCUT2D eigenvalue weighted by Crippen LogP contribution is 2.25. The summed E-state index contributed by atoms with van der Waals surface area (Å²) in [5, 5.41) is 6.98. The second kappa shape index (κ2) is 7.52. The van der Waals surface area contributed by atoms with Gasteiger partial charge in [-0.25, -0.2) is 4.39 Å². The van der Waals surface area contributed by atoms with Crippen molar-refractivity contribution in [2.75, 3.05) is 5.32 Å². The van der Waals surface area contributed by atoms with Crippen LogP contribution in [0, 0.1) is 5.82 Å². The molecule has 0 atom stereocenters. The van der Waals surface area contributed by atoms with Gasteiger partial charge in [0.25, 0.3) is 11.5 Å². The first-order chi connectivity index (χ1) is 14.0. The molecule has 1 N–H and O–H groups in total. The molecule has 0 fully saturated rings. The van der Waals surface area contributed by atoms with Crippen molar-refractivity contribution in [2.24, 2.45) is 0 Å². The number of hydrogen-bond acceptors (Lipinski definition) is 3. The molecule has 2 aliphatic heterocycles. The summed E-state index contributed by atoms with van der Waals surface area (Å²) in [6, 6.07) is 12.9. The van der Waals surface area contributed by atoms with Crippen molar-refractivity contribution in [3.05, 3.63) is 87.7 Å². The molecule has 0 radical (unpaired) electrons. The molecule has 0 saturated carbocycles. The Morgan fingerprint density at radius 1 is 1.17 bits per heavy atom. The van der Waals surface area contributed by atoms with Crippen molar-refractivity contribution in [3.63, 3.8) is 0 Å². The van der Waals surface area contributed by atoms with E-state index < -0.39 is 11.7 Å². The van der Waals surface area contributed by atoms with Crippen molar-refractivity contribution < 1.29 is 9.18 Å². The van der Waals surface area contributed by atoms with E-state index >= 15 is 0 Å². The number of fused-ring (bicyclic) bond motifs is 1. The predicted octanol–water partition coefficient (Wildman–Crippen LogP) is 4.20. The van der Waals surface area contributed by atoms with Crippen LogP contribution >= 0.6 is 11.6 Å². The van der Waals surface area contributed by atoms with E-state index in [1.807, 2.05) is 13.0 Å². The SMILES string of the molecule is CCn1cc(C(=O)Nc2ccc(F)c(Cl)c2)c2nn(-c3ccccc3)c(=O)c-2c1. The molecule has 0 spiro atoms. The lowest BCUT2D eigenvalue weighted by Gasteiger charge is -2.11. The van der Waals surface area contributed by atoms with Crippen LogP contribution < -0.4 is 10.9 Å². The van der Waals surface area contributed by atoms with E-state index in [1.165, 1.54) is 22.9 Å². The number of hydrogen-bond donors (Lipinski definition) is 1. The van der Waals surface area contributed by atoms with Gasteiger partial charge < -0.3 is 9.88 Å². The van der Waals surface area contributed by atoms with Crippen molar-refractivity contribution in [3.8, 4) is 16.9 Å². The van der Waals surface area contributed by atoms with Crippen LogP contribution in [0.3, 0.4) is 0 Å². The maximum absolute atomic E-state index is 13.4. The molecule has 8 heteroatoms. The Morgan fingerprint density at radius 2 is 1.93 bits per heavy atom. The first kappa shape index (κ1) is 18.9. The summed E-state index contributed by atoms with van der Waals surface area (Å²) in [7, 11) is 0. The summed E-state index contributed by atoms with van der Waals surface area (Å²) >= 11 is 5.79. The highest BCUT2D eigenvalue weighted by molar-refractivity contribution is 6.31. The molecule has 146 valence electrons. The number of rotatable bonds is 4. The monoisotopic (exact) mass is 410 g/mol. The van der Waals surface area contributed by atoms with Crippen LogP contribution in [-0.4, -0.2) is 20.3 Å². The number of carbonyl (C=O) groups is 1. The number of aromatic nitrogens is 3. The number of nitrogens with zero attached hydrogens (tertiary/aromatic N) is 3. The van der Waals surface area contributed by atoms with Gasteiger partial charge in [-0.1, -0.05) is 29.8 Å². The Morgan fingerprint density at radius 3 is 2.62 bits per heavy atom. The van der Waals surface area contributed by atoms with Crippen molar-refractivity contribution in [1.29, 1.82) is 0 Å². The van der Waals surface area contributed by atoms with Gasteiger partial charge in [-0.3, -0.25) is 9.59 Å².